The number of hydrogen-bond acceptors (Lipinski definition) is 4. The van der Waals surface area contributed by atoms with Crippen molar-refractivity contribution in [3.8, 4) is 0 Å². The normalized spacial score (nSPS) is 21.2. The maximum atomic E-state index is 5.97. The number of methoxy groups -OCH3 is 1. The molecule has 0 aromatic carbocycles. The molecule has 0 radical (unpaired) electrons. The van der Waals surface area contributed by atoms with Crippen LogP contribution in [0.4, 0.5) is 0 Å². The summed E-state index contributed by atoms with van der Waals surface area (Å²) in [4.78, 5) is 7.00. The molecule has 6 heteroatoms. The minimum Gasteiger partial charge on any atom is -0.465 e. The summed E-state index contributed by atoms with van der Waals surface area (Å²) in [5.41, 5.74) is 0.347. The molecule has 1 aliphatic carbocycles. The van der Waals surface area contributed by atoms with E-state index in [4.69, 9.17) is 9.15 Å². The van der Waals surface area contributed by atoms with Gasteiger partial charge in [0.05, 0.1) is 6.04 Å². The van der Waals surface area contributed by atoms with Crippen LogP contribution in [0.25, 0.3) is 0 Å². The van der Waals surface area contributed by atoms with Gasteiger partial charge in [-0.2, -0.15) is 0 Å². The first-order chi connectivity index (χ1) is 13.7. The van der Waals surface area contributed by atoms with Crippen LogP contribution in [-0.4, -0.2) is 57.8 Å². The standard InChI is InChI=1S/C22H38N4O2/c1-18-8-9-20(28-18)19(26-13-6-7-14-26)16-24-21(23-2)25-17-22(12-15-27-3)10-4-5-11-22/h8-9,19H,4-7,10-17H2,1-3H3,(H2,23,24,25). The van der Waals surface area contributed by atoms with E-state index in [1.165, 1.54) is 38.5 Å². The number of aliphatic imine (C=N–C) groups is 1. The Balaban J connectivity index is 1.56. The van der Waals surface area contributed by atoms with Crippen LogP contribution in [0.2, 0.25) is 0 Å². The molecule has 1 saturated heterocycles. The van der Waals surface area contributed by atoms with Crippen molar-refractivity contribution in [1.29, 1.82) is 0 Å². The average Bonchev–Trinajstić information content (AvgIpc) is 3.46. The van der Waals surface area contributed by atoms with E-state index in [2.05, 4.69) is 32.7 Å². The van der Waals surface area contributed by atoms with Crippen molar-refractivity contribution in [3.05, 3.63) is 23.7 Å². The van der Waals surface area contributed by atoms with E-state index in [0.29, 0.717) is 5.41 Å². The van der Waals surface area contributed by atoms with Gasteiger partial charge in [0.25, 0.3) is 0 Å². The minimum atomic E-state index is 0.253. The fourth-order valence-electron chi connectivity index (χ4n) is 4.74. The number of guanidine groups is 1. The zero-order valence-corrected chi connectivity index (χ0v) is 17.9. The molecule has 2 heterocycles. The van der Waals surface area contributed by atoms with Gasteiger partial charge in [-0.25, -0.2) is 0 Å². The number of hydrogen-bond donors (Lipinski definition) is 2. The van der Waals surface area contributed by atoms with Gasteiger partial charge < -0.3 is 19.8 Å². The van der Waals surface area contributed by atoms with Crippen molar-refractivity contribution >= 4 is 5.96 Å². The highest BCUT2D eigenvalue weighted by Crippen LogP contribution is 2.40. The average molecular weight is 391 g/mol. The van der Waals surface area contributed by atoms with Crippen molar-refractivity contribution in [1.82, 2.24) is 15.5 Å². The molecular weight excluding hydrogens is 352 g/mol. The predicted molar refractivity (Wildman–Crippen MR) is 114 cm³/mol. The number of furan rings is 1. The highest BCUT2D eigenvalue weighted by atomic mass is 16.5. The fourth-order valence-corrected chi connectivity index (χ4v) is 4.74. The summed E-state index contributed by atoms with van der Waals surface area (Å²) in [7, 11) is 3.65. The highest BCUT2D eigenvalue weighted by molar-refractivity contribution is 5.79. The molecule has 2 aliphatic rings. The Morgan fingerprint density at radius 1 is 1.21 bits per heavy atom. The van der Waals surface area contributed by atoms with Gasteiger partial charge in [0.1, 0.15) is 11.5 Å². The van der Waals surface area contributed by atoms with Crippen LogP contribution in [0.15, 0.2) is 21.5 Å². The van der Waals surface area contributed by atoms with Crippen LogP contribution in [0.5, 0.6) is 0 Å². The van der Waals surface area contributed by atoms with Gasteiger partial charge in [-0.15, -0.1) is 0 Å². The molecule has 1 aromatic rings. The molecule has 0 spiro atoms. The van der Waals surface area contributed by atoms with E-state index in [0.717, 1.165) is 56.7 Å². The molecule has 0 bridgehead atoms. The van der Waals surface area contributed by atoms with E-state index < -0.39 is 0 Å². The fraction of sp³-hybridized carbons (Fsp3) is 0.773. The third-order valence-electron chi connectivity index (χ3n) is 6.49. The number of ether oxygens (including phenoxy) is 1. The lowest BCUT2D eigenvalue weighted by atomic mass is 9.83. The lowest BCUT2D eigenvalue weighted by Gasteiger charge is -2.31. The van der Waals surface area contributed by atoms with Crippen LogP contribution >= 0.6 is 0 Å². The highest BCUT2D eigenvalue weighted by Gasteiger charge is 2.33. The van der Waals surface area contributed by atoms with Crippen molar-refractivity contribution in [2.75, 3.05) is 46.9 Å². The zero-order valence-electron chi connectivity index (χ0n) is 17.9. The predicted octanol–water partition coefficient (Wildman–Crippen LogP) is 3.49. The summed E-state index contributed by atoms with van der Waals surface area (Å²) >= 11 is 0. The van der Waals surface area contributed by atoms with Gasteiger partial charge >= 0.3 is 0 Å². The molecule has 1 saturated carbocycles. The van der Waals surface area contributed by atoms with E-state index >= 15 is 0 Å². The summed E-state index contributed by atoms with van der Waals surface area (Å²) in [6, 6.07) is 4.43. The van der Waals surface area contributed by atoms with Gasteiger partial charge in [-0.05, 0) is 69.7 Å². The number of nitrogens with one attached hydrogen (secondary N) is 2. The smallest absolute Gasteiger partial charge is 0.191 e. The van der Waals surface area contributed by atoms with E-state index in [1.807, 2.05) is 14.0 Å². The van der Waals surface area contributed by atoms with Gasteiger partial charge in [0, 0.05) is 33.9 Å². The quantitative estimate of drug-likeness (QED) is 0.499. The van der Waals surface area contributed by atoms with Crippen molar-refractivity contribution < 1.29 is 9.15 Å². The Kier molecular flexibility index (Phi) is 7.80. The van der Waals surface area contributed by atoms with Crippen LogP contribution in [0, 0.1) is 12.3 Å². The van der Waals surface area contributed by atoms with E-state index in [1.54, 1.807) is 7.11 Å². The molecule has 1 aromatic heterocycles. The maximum absolute atomic E-state index is 5.97. The van der Waals surface area contributed by atoms with Crippen molar-refractivity contribution in [3.63, 3.8) is 0 Å². The summed E-state index contributed by atoms with van der Waals surface area (Å²) in [6.07, 6.45) is 8.87. The summed E-state index contributed by atoms with van der Waals surface area (Å²) in [6.45, 7) is 6.89. The Morgan fingerprint density at radius 3 is 2.57 bits per heavy atom. The summed E-state index contributed by atoms with van der Waals surface area (Å²) < 4.78 is 11.3. The summed E-state index contributed by atoms with van der Waals surface area (Å²) in [5.74, 6) is 2.91. The molecule has 3 rings (SSSR count). The molecule has 1 unspecified atom stereocenters. The van der Waals surface area contributed by atoms with E-state index in [9.17, 15) is 0 Å². The Bertz CT molecular complexity index is 616. The van der Waals surface area contributed by atoms with E-state index in [-0.39, 0.29) is 6.04 Å². The minimum absolute atomic E-state index is 0.253. The van der Waals surface area contributed by atoms with Gasteiger partial charge in [0.15, 0.2) is 5.96 Å². The van der Waals surface area contributed by atoms with Crippen molar-refractivity contribution in [2.24, 2.45) is 10.4 Å². The molecule has 2 fully saturated rings. The molecule has 0 amide bonds. The SMILES string of the molecule is CN=C(NCC(c1ccc(C)o1)N1CCCC1)NCC1(CCOC)CCCC1. The van der Waals surface area contributed by atoms with Gasteiger partial charge in [0.2, 0.25) is 0 Å². The van der Waals surface area contributed by atoms with Crippen LogP contribution < -0.4 is 10.6 Å². The Labute approximate surface area is 170 Å². The second-order valence-electron chi connectivity index (χ2n) is 8.46. The lowest BCUT2D eigenvalue weighted by molar-refractivity contribution is 0.138. The Morgan fingerprint density at radius 2 is 1.96 bits per heavy atom. The van der Waals surface area contributed by atoms with Gasteiger partial charge in [-0.1, -0.05) is 12.8 Å². The number of nitrogens with zero attached hydrogens (tertiary/aromatic N) is 2. The molecule has 158 valence electrons. The number of likely N-dealkylation sites (tertiary alicyclic amines) is 1. The molecule has 6 nitrogen and oxygen atoms in total. The first-order valence-corrected chi connectivity index (χ1v) is 10.9. The molecule has 2 N–H and O–H groups in total. The maximum Gasteiger partial charge on any atom is 0.191 e. The second-order valence-corrected chi connectivity index (χ2v) is 8.46. The molecule has 1 atom stereocenters. The molecule has 28 heavy (non-hydrogen) atoms. The third kappa shape index (κ3) is 5.51. The lowest BCUT2D eigenvalue weighted by Crippen LogP contribution is -2.46. The van der Waals surface area contributed by atoms with Crippen LogP contribution in [0.1, 0.15) is 62.5 Å². The second kappa shape index (κ2) is 10.3. The first-order valence-electron chi connectivity index (χ1n) is 10.9. The Hall–Kier alpha value is -1.53. The first kappa shape index (κ1) is 21.2. The molecule has 1 aliphatic heterocycles. The third-order valence-corrected chi connectivity index (χ3v) is 6.49. The topological polar surface area (TPSA) is 62.0 Å². The number of aryl methyl sites for hydroxylation is 1. The zero-order chi connectivity index (χ0) is 19.8. The molecular formula is C22H38N4O2. The van der Waals surface area contributed by atoms with Crippen LogP contribution in [-0.2, 0) is 4.74 Å². The largest absolute Gasteiger partial charge is 0.465 e. The number of rotatable bonds is 9. The van der Waals surface area contributed by atoms with Gasteiger partial charge in [-0.3, -0.25) is 9.89 Å². The monoisotopic (exact) mass is 390 g/mol. The van der Waals surface area contributed by atoms with Crippen molar-refractivity contribution in [2.45, 2.75) is 57.9 Å². The summed E-state index contributed by atoms with van der Waals surface area (Å²) in [5, 5.41) is 7.16. The van der Waals surface area contributed by atoms with Crippen LogP contribution in [0.3, 0.4) is 0 Å².